The van der Waals surface area contributed by atoms with Crippen LogP contribution in [-0.2, 0) is 14.3 Å². The van der Waals surface area contributed by atoms with Crippen LogP contribution in [0.2, 0.25) is 0 Å². The van der Waals surface area contributed by atoms with E-state index in [1.54, 1.807) is 24.3 Å². The lowest BCUT2D eigenvalue weighted by Crippen LogP contribution is -2.11. The zero-order valence-corrected chi connectivity index (χ0v) is 12.4. The number of benzene rings is 1. The van der Waals surface area contributed by atoms with Gasteiger partial charge in [-0.2, -0.15) is 0 Å². The lowest BCUT2D eigenvalue weighted by atomic mass is 10.1. The lowest BCUT2D eigenvalue weighted by Gasteiger charge is -2.00. The predicted molar refractivity (Wildman–Crippen MR) is 81.5 cm³/mol. The summed E-state index contributed by atoms with van der Waals surface area (Å²) in [6, 6.07) is 9.06. The standard InChI is InChI=1S/C16H13NO6/c1-10(18)14(16(19)22-2)9-13-7-8-15(23-13)11-3-5-12(6-4-11)17(20)21/h3-9H,1-2H3. The molecule has 1 aromatic carbocycles. The number of esters is 1. The SMILES string of the molecule is COC(=O)C(=Cc1ccc(-c2ccc([N+](=O)[O-])cc2)o1)C(C)=O. The highest BCUT2D eigenvalue weighted by Crippen LogP contribution is 2.25. The van der Waals surface area contributed by atoms with E-state index in [0.29, 0.717) is 17.1 Å². The van der Waals surface area contributed by atoms with Crippen LogP contribution in [0.4, 0.5) is 5.69 Å². The number of ether oxygens (including phenoxy) is 1. The van der Waals surface area contributed by atoms with Crippen LogP contribution in [0.3, 0.4) is 0 Å². The molecule has 0 aliphatic rings. The Bertz CT molecular complexity index is 785. The highest BCUT2D eigenvalue weighted by Gasteiger charge is 2.16. The largest absolute Gasteiger partial charge is 0.465 e. The average molecular weight is 315 g/mol. The van der Waals surface area contributed by atoms with E-state index < -0.39 is 16.7 Å². The van der Waals surface area contributed by atoms with Crippen molar-refractivity contribution in [1.82, 2.24) is 0 Å². The van der Waals surface area contributed by atoms with Crippen molar-refractivity contribution in [2.24, 2.45) is 0 Å². The Kier molecular flexibility index (Phi) is 4.70. The Balaban J connectivity index is 2.31. The smallest absolute Gasteiger partial charge is 0.341 e. The Morgan fingerprint density at radius 3 is 2.35 bits per heavy atom. The maximum atomic E-state index is 11.5. The summed E-state index contributed by atoms with van der Waals surface area (Å²) < 4.78 is 10.1. The number of nitrogens with zero attached hydrogens (tertiary/aromatic N) is 1. The molecule has 0 fully saturated rings. The van der Waals surface area contributed by atoms with E-state index in [0.717, 1.165) is 0 Å². The molecule has 0 atom stereocenters. The second-order valence-electron chi connectivity index (χ2n) is 4.61. The first kappa shape index (κ1) is 16.2. The molecule has 23 heavy (non-hydrogen) atoms. The minimum absolute atomic E-state index is 0.0232. The minimum Gasteiger partial charge on any atom is -0.465 e. The molecule has 0 N–H and O–H groups in total. The molecule has 7 heteroatoms. The fraction of sp³-hybridized carbons (Fsp3) is 0.125. The zero-order chi connectivity index (χ0) is 17.0. The van der Waals surface area contributed by atoms with Gasteiger partial charge in [-0.05, 0) is 37.3 Å². The predicted octanol–water partition coefficient (Wildman–Crippen LogP) is 3.00. The number of carbonyl (C=O) groups excluding carboxylic acids is 2. The monoisotopic (exact) mass is 315 g/mol. The van der Waals surface area contributed by atoms with Gasteiger partial charge in [0.2, 0.25) is 0 Å². The number of carbonyl (C=O) groups is 2. The molecule has 0 saturated carbocycles. The van der Waals surface area contributed by atoms with Crippen LogP contribution in [0.15, 0.2) is 46.4 Å². The van der Waals surface area contributed by atoms with Crippen LogP contribution >= 0.6 is 0 Å². The van der Waals surface area contributed by atoms with Crippen LogP contribution < -0.4 is 0 Å². The average Bonchev–Trinajstić information content (AvgIpc) is 3.00. The van der Waals surface area contributed by atoms with E-state index in [-0.39, 0.29) is 11.3 Å². The molecule has 0 radical (unpaired) electrons. The van der Waals surface area contributed by atoms with Crippen molar-refractivity contribution in [3.63, 3.8) is 0 Å². The van der Waals surface area contributed by atoms with Crippen molar-refractivity contribution in [3.05, 3.63) is 57.8 Å². The van der Waals surface area contributed by atoms with E-state index in [2.05, 4.69) is 4.74 Å². The van der Waals surface area contributed by atoms with Crippen LogP contribution in [-0.4, -0.2) is 23.8 Å². The van der Waals surface area contributed by atoms with Gasteiger partial charge in [-0.25, -0.2) is 4.79 Å². The maximum Gasteiger partial charge on any atom is 0.341 e. The number of Topliss-reactive ketones (excluding diaryl/α,β-unsaturated/α-hetero) is 1. The number of nitro groups is 1. The van der Waals surface area contributed by atoms with Gasteiger partial charge < -0.3 is 9.15 Å². The molecule has 0 saturated heterocycles. The van der Waals surface area contributed by atoms with Crippen LogP contribution in [0.5, 0.6) is 0 Å². The van der Waals surface area contributed by atoms with Gasteiger partial charge in [-0.15, -0.1) is 0 Å². The second kappa shape index (κ2) is 6.69. The van der Waals surface area contributed by atoms with Crippen LogP contribution in [0.1, 0.15) is 12.7 Å². The first-order chi connectivity index (χ1) is 10.9. The molecule has 0 amide bonds. The molecule has 0 spiro atoms. The molecule has 0 aliphatic heterocycles. The van der Waals surface area contributed by atoms with E-state index in [1.807, 2.05) is 0 Å². The number of furan rings is 1. The van der Waals surface area contributed by atoms with Gasteiger partial charge in [0.05, 0.1) is 12.0 Å². The highest BCUT2D eigenvalue weighted by molar-refractivity contribution is 6.19. The molecule has 1 heterocycles. The fourth-order valence-electron chi connectivity index (χ4n) is 1.89. The van der Waals surface area contributed by atoms with Gasteiger partial charge in [-0.1, -0.05) is 0 Å². The molecule has 0 unspecified atom stereocenters. The summed E-state index contributed by atoms with van der Waals surface area (Å²) in [6.45, 7) is 1.25. The van der Waals surface area contributed by atoms with E-state index in [4.69, 9.17) is 4.42 Å². The summed E-state index contributed by atoms with van der Waals surface area (Å²) in [4.78, 5) is 33.1. The molecule has 0 aliphatic carbocycles. The number of hydrogen-bond acceptors (Lipinski definition) is 6. The number of ketones is 1. The molecular formula is C16H13NO6. The molecule has 2 aromatic rings. The highest BCUT2D eigenvalue weighted by atomic mass is 16.6. The number of non-ortho nitro benzene ring substituents is 1. The summed E-state index contributed by atoms with van der Waals surface area (Å²) in [6.07, 6.45) is 1.29. The summed E-state index contributed by atoms with van der Waals surface area (Å²) in [5.74, 6) is -0.427. The molecule has 118 valence electrons. The van der Waals surface area contributed by atoms with Crippen molar-refractivity contribution >= 4 is 23.5 Å². The first-order valence-corrected chi connectivity index (χ1v) is 6.58. The Hall–Kier alpha value is -3.22. The Labute approximate surface area is 131 Å². The number of hydrogen-bond donors (Lipinski definition) is 0. The van der Waals surface area contributed by atoms with E-state index >= 15 is 0 Å². The quantitative estimate of drug-likeness (QED) is 0.210. The van der Waals surface area contributed by atoms with Gasteiger partial charge in [-0.3, -0.25) is 14.9 Å². The van der Waals surface area contributed by atoms with E-state index in [9.17, 15) is 19.7 Å². The van der Waals surface area contributed by atoms with Gasteiger partial charge in [0.15, 0.2) is 5.78 Å². The minimum atomic E-state index is -0.745. The second-order valence-corrected chi connectivity index (χ2v) is 4.61. The maximum absolute atomic E-state index is 11.5. The molecule has 0 bridgehead atoms. The summed E-state index contributed by atoms with van der Waals surface area (Å²) in [5, 5.41) is 10.6. The molecular weight excluding hydrogens is 302 g/mol. The van der Waals surface area contributed by atoms with Crippen molar-refractivity contribution in [1.29, 1.82) is 0 Å². The topological polar surface area (TPSA) is 99.7 Å². The fourth-order valence-corrected chi connectivity index (χ4v) is 1.89. The van der Waals surface area contributed by atoms with Crippen molar-refractivity contribution < 1.29 is 23.7 Å². The van der Waals surface area contributed by atoms with Gasteiger partial charge in [0.25, 0.3) is 5.69 Å². The Morgan fingerprint density at radius 2 is 1.83 bits per heavy atom. The number of rotatable bonds is 5. The van der Waals surface area contributed by atoms with Crippen LogP contribution in [0, 0.1) is 10.1 Å². The molecule has 1 aromatic heterocycles. The van der Waals surface area contributed by atoms with Crippen LogP contribution in [0.25, 0.3) is 17.4 Å². The Morgan fingerprint density at radius 1 is 1.17 bits per heavy atom. The zero-order valence-electron chi connectivity index (χ0n) is 12.4. The van der Waals surface area contributed by atoms with E-state index in [1.165, 1.54) is 32.2 Å². The van der Waals surface area contributed by atoms with Crippen molar-refractivity contribution in [2.75, 3.05) is 7.11 Å². The van der Waals surface area contributed by atoms with Gasteiger partial charge >= 0.3 is 5.97 Å². The van der Waals surface area contributed by atoms with Gasteiger partial charge in [0, 0.05) is 17.7 Å². The summed E-state index contributed by atoms with van der Waals surface area (Å²) in [7, 11) is 1.18. The summed E-state index contributed by atoms with van der Waals surface area (Å²) in [5.41, 5.74) is 0.486. The normalized spacial score (nSPS) is 11.1. The van der Waals surface area contributed by atoms with Crippen molar-refractivity contribution in [3.8, 4) is 11.3 Å². The van der Waals surface area contributed by atoms with Crippen molar-refractivity contribution in [2.45, 2.75) is 6.92 Å². The molecule has 7 nitrogen and oxygen atoms in total. The third-order valence-corrected chi connectivity index (χ3v) is 3.06. The summed E-state index contributed by atoms with van der Waals surface area (Å²) >= 11 is 0. The third-order valence-electron chi connectivity index (χ3n) is 3.06. The third kappa shape index (κ3) is 3.70. The molecule has 2 rings (SSSR count). The number of nitro benzene ring substituents is 1. The van der Waals surface area contributed by atoms with Gasteiger partial charge in [0.1, 0.15) is 17.1 Å². The lowest BCUT2D eigenvalue weighted by molar-refractivity contribution is -0.384. The first-order valence-electron chi connectivity index (χ1n) is 6.58. The number of methoxy groups -OCH3 is 1.